The van der Waals surface area contributed by atoms with Gasteiger partial charge in [0.15, 0.2) is 5.78 Å². The van der Waals surface area contributed by atoms with E-state index in [1.54, 1.807) is 11.7 Å². The predicted molar refractivity (Wildman–Crippen MR) is 67.2 cm³/mol. The Kier molecular flexibility index (Phi) is 3.09. The van der Waals surface area contributed by atoms with Gasteiger partial charge >= 0.3 is 0 Å². The van der Waals surface area contributed by atoms with Gasteiger partial charge in [0.1, 0.15) is 5.69 Å². The second kappa shape index (κ2) is 4.53. The zero-order valence-electron chi connectivity index (χ0n) is 10.4. The summed E-state index contributed by atoms with van der Waals surface area (Å²) in [5.74, 6) is 0.110. The van der Waals surface area contributed by atoms with Crippen molar-refractivity contribution >= 4 is 5.78 Å². The van der Waals surface area contributed by atoms with Gasteiger partial charge < -0.3 is 0 Å². The standard InChI is InChI=1S/C14H16N2O/c1-10-5-4-6-12(7-10)9-14(17)13-8-11(2)15-16(13)3/h4-8H,9H2,1-3H3. The monoisotopic (exact) mass is 228 g/mol. The molecule has 0 fully saturated rings. The number of aromatic nitrogens is 2. The molecule has 1 aromatic heterocycles. The van der Waals surface area contributed by atoms with Gasteiger partial charge in [-0.3, -0.25) is 9.48 Å². The van der Waals surface area contributed by atoms with Crippen molar-refractivity contribution in [3.63, 3.8) is 0 Å². The molecule has 0 saturated carbocycles. The molecule has 3 nitrogen and oxygen atoms in total. The Balaban J connectivity index is 2.20. The molecule has 0 spiro atoms. The summed E-state index contributed by atoms with van der Waals surface area (Å²) in [7, 11) is 1.80. The first kappa shape index (κ1) is 11.6. The van der Waals surface area contributed by atoms with Crippen LogP contribution in [0.4, 0.5) is 0 Å². The highest BCUT2D eigenvalue weighted by Crippen LogP contribution is 2.10. The maximum absolute atomic E-state index is 12.1. The van der Waals surface area contributed by atoms with E-state index in [0.717, 1.165) is 11.3 Å². The maximum atomic E-state index is 12.1. The van der Waals surface area contributed by atoms with Crippen LogP contribution < -0.4 is 0 Å². The van der Waals surface area contributed by atoms with E-state index in [1.165, 1.54) is 5.56 Å². The van der Waals surface area contributed by atoms with Crippen LogP contribution >= 0.6 is 0 Å². The number of Topliss-reactive ketones (excluding diaryl/α,β-unsaturated/α-hetero) is 1. The molecule has 0 radical (unpaired) electrons. The molecule has 17 heavy (non-hydrogen) atoms. The van der Waals surface area contributed by atoms with Crippen LogP contribution in [0.5, 0.6) is 0 Å². The Labute approximate surface area is 101 Å². The molecule has 0 amide bonds. The third-order valence-corrected chi connectivity index (χ3v) is 2.73. The molecule has 0 aliphatic heterocycles. The number of hydrogen-bond donors (Lipinski definition) is 0. The average Bonchev–Trinajstić information content (AvgIpc) is 2.58. The minimum absolute atomic E-state index is 0.110. The summed E-state index contributed by atoms with van der Waals surface area (Å²) in [6, 6.07) is 9.86. The van der Waals surface area contributed by atoms with Crippen LogP contribution in [-0.2, 0) is 13.5 Å². The molecule has 1 heterocycles. The molecular formula is C14H16N2O. The zero-order valence-corrected chi connectivity index (χ0v) is 10.4. The Morgan fingerprint density at radius 3 is 2.65 bits per heavy atom. The Morgan fingerprint density at radius 1 is 1.29 bits per heavy atom. The lowest BCUT2D eigenvalue weighted by molar-refractivity contribution is 0.0984. The van der Waals surface area contributed by atoms with Crippen LogP contribution in [0, 0.1) is 13.8 Å². The van der Waals surface area contributed by atoms with E-state index in [4.69, 9.17) is 0 Å². The number of benzene rings is 1. The fraction of sp³-hybridized carbons (Fsp3) is 0.286. The minimum atomic E-state index is 0.110. The normalized spacial score (nSPS) is 10.5. The van der Waals surface area contributed by atoms with Crippen molar-refractivity contribution in [3.8, 4) is 0 Å². The van der Waals surface area contributed by atoms with Crippen molar-refractivity contribution in [2.45, 2.75) is 20.3 Å². The Morgan fingerprint density at radius 2 is 2.06 bits per heavy atom. The van der Waals surface area contributed by atoms with Crippen LogP contribution in [0.2, 0.25) is 0 Å². The summed E-state index contributed by atoms with van der Waals surface area (Å²) in [5, 5.41) is 4.19. The molecule has 2 rings (SSSR count). The average molecular weight is 228 g/mol. The van der Waals surface area contributed by atoms with Crippen LogP contribution in [-0.4, -0.2) is 15.6 Å². The molecule has 0 saturated heterocycles. The summed E-state index contributed by atoms with van der Waals surface area (Å²) >= 11 is 0. The summed E-state index contributed by atoms with van der Waals surface area (Å²) in [5.41, 5.74) is 3.77. The smallest absolute Gasteiger partial charge is 0.185 e. The second-order valence-electron chi connectivity index (χ2n) is 4.38. The molecule has 2 aromatic rings. The van der Waals surface area contributed by atoms with Gasteiger partial charge in [-0.1, -0.05) is 29.8 Å². The predicted octanol–water partition coefficient (Wildman–Crippen LogP) is 2.46. The maximum Gasteiger partial charge on any atom is 0.185 e. The van der Waals surface area contributed by atoms with Crippen molar-refractivity contribution < 1.29 is 4.79 Å². The van der Waals surface area contributed by atoms with Crippen LogP contribution in [0.15, 0.2) is 30.3 Å². The number of carbonyl (C=O) groups excluding carboxylic acids is 1. The van der Waals surface area contributed by atoms with Crippen LogP contribution in [0.25, 0.3) is 0 Å². The van der Waals surface area contributed by atoms with E-state index in [1.807, 2.05) is 44.2 Å². The van der Waals surface area contributed by atoms with Gasteiger partial charge in [0.25, 0.3) is 0 Å². The van der Waals surface area contributed by atoms with Gasteiger partial charge in [-0.25, -0.2) is 0 Å². The number of carbonyl (C=O) groups is 1. The summed E-state index contributed by atoms with van der Waals surface area (Å²) < 4.78 is 1.65. The van der Waals surface area contributed by atoms with Crippen molar-refractivity contribution in [2.24, 2.45) is 7.05 Å². The highest BCUT2D eigenvalue weighted by Gasteiger charge is 2.12. The fourth-order valence-corrected chi connectivity index (χ4v) is 1.97. The van der Waals surface area contributed by atoms with Gasteiger partial charge in [0.2, 0.25) is 0 Å². The number of rotatable bonds is 3. The first-order valence-corrected chi connectivity index (χ1v) is 5.65. The minimum Gasteiger partial charge on any atom is -0.292 e. The molecule has 0 unspecified atom stereocenters. The lowest BCUT2D eigenvalue weighted by Crippen LogP contribution is -2.09. The Bertz CT molecular complexity index is 555. The van der Waals surface area contributed by atoms with Gasteiger partial charge in [-0.2, -0.15) is 5.10 Å². The first-order valence-electron chi connectivity index (χ1n) is 5.65. The lowest BCUT2D eigenvalue weighted by Gasteiger charge is -2.02. The molecule has 3 heteroatoms. The van der Waals surface area contributed by atoms with Crippen molar-refractivity contribution in [3.05, 3.63) is 52.8 Å². The van der Waals surface area contributed by atoms with Crippen molar-refractivity contribution in [1.82, 2.24) is 9.78 Å². The summed E-state index contributed by atoms with van der Waals surface area (Å²) in [6.07, 6.45) is 0.431. The van der Waals surface area contributed by atoms with Crippen molar-refractivity contribution in [1.29, 1.82) is 0 Å². The quantitative estimate of drug-likeness (QED) is 0.756. The number of ketones is 1. The highest BCUT2D eigenvalue weighted by molar-refractivity contribution is 5.96. The SMILES string of the molecule is Cc1cccc(CC(=O)c2cc(C)nn2C)c1. The molecule has 0 N–H and O–H groups in total. The first-order chi connectivity index (χ1) is 8.06. The van der Waals surface area contributed by atoms with Gasteiger partial charge in [0.05, 0.1) is 5.69 Å². The number of aryl methyl sites for hydroxylation is 3. The van der Waals surface area contributed by atoms with E-state index < -0.39 is 0 Å². The molecule has 0 aliphatic rings. The third-order valence-electron chi connectivity index (χ3n) is 2.73. The fourth-order valence-electron chi connectivity index (χ4n) is 1.97. The molecule has 1 aromatic carbocycles. The molecular weight excluding hydrogens is 212 g/mol. The summed E-state index contributed by atoms with van der Waals surface area (Å²) in [4.78, 5) is 12.1. The van der Waals surface area contributed by atoms with Crippen molar-refractivity contribution in [2.75, 3.05) is 0 Å². The van der Waals surface area contributed by atoms with Gasteiger partial charge in [-0.05, 0) is 25.5 Å². The second-order valence-corrected chi connectivity index (χ2v) is 4.38. The van der Waals surface area contributed by atoms with Crippen LogP contribution in [0.3, 0.4) is 0 Å². The lowest BCUT2D eigenvalue weighted by atomic mass is 10.0. The van der Waals surface area contributed by atoms with E-state index in [0.29, 0.717) is 12.1 Å². The molecule has 88 valence electrons. The van der Waals surface area contributed by atoms with E-state index in [-0.39, 0.29) is 5.78 Å². The van der Waals surface area contributed by atoms with Gasteiger partial charge in [-0.15, -0.1) is 0 Å². The van der Waals surface area contributed by atoms with Gasteiger partial charge in [0, 0.05) is 13.5 Å². The van der Waals surface area contributed by atoms with E-state index in [9.17, 15) is 4.79 Å². The zero-order chi connectivity index (χ0) is 12.4. The van der Waals surface area contributed by atoms with Crippen LogP contribution in [0.1, 0.15) is 27.3 Å². The van der Waals surface area contributed by atoms with E-state index in [2.05, 4.69) is 5.10 Å². The molecule has 0 bridgehead atoms. The largest absolute Gasteiger partial charge is 0.292 e. The third kappa shape index (κ3) is 2.61. The number of hydrogen-bond acceptors (Lipinski definition) is 2. The Hall–Kier alpha value is -1.90. The molecule has 0 atom stereocenters. The van der Waals surface area contributed by atoms with E-state index >= 15 is 0 Å². The highest BCUT2D eigenvalue weighted by atomic mass is 16.1. The summed E-state index contributed by atoms with van der Waals surface area (Å²) in [6.45, 7) is 3.92. The number of nitrogens with zero attached hydrogens (tertiary/aromatic N) is 2. The molecule has 0 aliphatic carbocycles. The topological polar surface area (TPSA) is 34.9 Å².